The number of anilines is 2. The van der Waals surface area contributed by atoms with E-state index in [1.807, 2.05) is 30.3 Å². The van der Waals surface area contributed by atoms with Crippen LogP contribution in [-0.4, -0.2) is 37.0 Å². The van der Waals surface area contributed by atoms with Crippen LogP contribution in [0.3, 0.4) is 0 Å². The second-order valence-corrected chi connectivity index (χ2v) is 5.32. The van der Waals surface area contributed by atoms with Crippen LogP contribution in [0.25, 0.3) is 0 Å². The van der Waals surface area contributed by atoms with Crippen LogP contribution in [0.2, 0.25) is 0 Å². The second-order valence-electron chi connectivity index (χ2n) is 5.32. The number of nitrogens with zero attached hydrogens (tertiary/aromatic N) is 2. The predicted molar refractivity (Wildman–Crippen MR) is 85.4 cm³/mol. The number of hydrogen-bond acceptors (Lipinski definition) is 3. The lowest BCUT2D eigenvalue weighted by atomic mass is 10.1. The molecule has 0 bridgehead atoms. The monoisotopic (exact) mass is 299 g/mol. The maximum atomic E-state index is 13.9. The minimum atomic E-state index is -0.560. The number of rotatable bonds is 2. The number of nitrogen functional groups attached to an aromatic ring is 1. The van der Waals surface area contributed by atoms with Crippen molar-refractivity contribution in [3.8, 4) is 0 Å². The molecule has 0 aromatic heterocycles. The number of carbonyl (C=O) groups excluding carboxylic acids is 1. The van der Waals surface area contributed by atoms with Crippen molar-refractivity contribution in [2.24, 2.45) is 0 Å². The van der Waals surface area contributed by atoms with E-state index < -0.39 is 5.82 Å². The molecule has 0 atom stereocenters. The van der Waals surface area contributed by atoms with Crippen LogP contribution < -0.4 is 10.6 Å². The van der Waals surface area contributed by atoms with Gasteiger partial charge in [-0.25, -0.2) is 4.39 Å². The second kappa shape index (κ2) is 6.05. The Bertz CT molecular complexity index is 647. The molecule has 4 nitrogen and oxygen atoms in total. The third kappa shape index (κ3) is 2.74. The number of nitrogens with two attached hydrogens (primary N) is 1. The maximum absolute atomic E-state index is 13.9. The van der Waals surface area contributed by atoms with Gasteiger partial charge >= 0.3 is 0 Å². The number of piperazine rings is 1. The van der Waals surface area contributed by atoms with E-state index in [2.05, 4.69) is 4.90 Å². The highest BCUT2D eigenvalue weighted by Gasteiger charge is 2.25. The van der Waals surface area contributed by atoms with Gasteiger partial charge in [0.1, 0.15) is 5.82 Å². The molecule has 22 heavy (non-hydrogen) atoms. The molecule has 0 radical (unpaired) electrons. The number of benzene rings is 2. The molecule has 1 fully saturated rings. The van der Waals surface area contributed by atoms with Gasteiger partial charge in [-0.2, -0.15) is 0 Å². The molecule has 1 saturated heterocycles. The van der Waals surface area contributed by atoms with E-state index in [4.69, 9.17) is 5.73 Å². The van der Waals surface area contributed by atoms with Gasteiger partial charge in [0.15, 0.2) is 0 Å². The predicted octanol–water partition coefficient (Wildman–Crippen LogP) is 2.37. The molecule has 0 saturated carbocycles. The van der Waals surface area contributed by atoms with Crippen molar-refractivity contribution in [3.05, 3.63) is 59.9 Å². The fourth-order valence-electron chi connectivity index (χ4n) is 2.73. The van der Waals surface area contributed by atoms with Crippen LogP contribution in [0.15, 0.2) is 48.5 Å². The molecule has 2 aromatic rings. The molecule has 1 aliphatic heterocycles. The molecule has 114 valence electrons. The third-order valence-corrected chi connectivity index (χ3v) is 3.95. The van der Waals surface area contributed by atoms with Crippen molar-refractivity contribution < 1.29 is 9.18 Å². The summed E-state index contributed by atoms with van der Waals surface area (Å²) in [4.78, 5) is 16.3. The Labute approximate surface area is 128 Å². The lowest BCUT2D eigenvalue weighted by Crippen LogP contribution is -2.49. The zero-order chi connectivity index (χ0) is 15.5. The average Bonchev–Trinajstić information content (AvgIpc) is 2.55. The molecular weight excluding hydrogens is 281 g/mol. The van der Waals surface area contributed by atoms with Gasteiger partial charge in [-0.3, -0.25) is 4.79 Å². The Morgan fingerprint density at radius 1 is 0.955 bits per heavy atom. The van der Waals surface area contributed by atoms with Gasteiger partial charge in [-0.05, 0) is 24.3 Å². The molecule has 3 rings (SSSR count). The molecule has 5 heteroatoms. The van der Waals surface area contributed by atoms with Gasteiger partial charge in [-0.1, -0.05) is 24.3 Å². The van der Waals surface area contributed by atoms with E-state index in [-0.39, 0.29) is 17.2 Å². The normalized spacial score (nSPS) is 15.0. The molecular formula is C17H18FN3O. The Morgan fingerprint density at radius 2 is 1.64 bits per heavy atom. The van der Waals surface area contributed by atoms with E-state index in [9.17, 15) is 9.18 Å². The highest BCUT2D eigenvalue weighted by molar-refractivity contribution is 5.99. The summed E-state index contributed by atoms with van der Waals surface area (Å²) in [5.74, 6) is -0.890. The van der Waals surface area contributed by atoms with Gasteiger partial charge in [0.05, 0.1) is 5.56 Å². The lowest BCUT2D eigenvalue weighted by molar-refractivity contribution is 0.0743. The first-order valence-electron chi connectivity index (χ1n) is 7.30. The topological polar surface area (TPSA) is 49.6 Å². The average molecular weight is 299 g/mol. The van der Waals surface area contributed by atoms with Crippen molar-refractivity contribution in [2.45, 2.75) is 0 Å². The smallest absolute Gasteiger partial charge is 0.259 e. The Morgan fingerprint density at radius 3 is 2.27 bits per heavy atom. The summed E-state index contributed by atoms with van der Waals surface area (Å²) >= 11 is 0. The van der Waals surface area contributed by atoms with E-state index in [1.165, 1.54) is 12.1 Å². The van der Waals surface area contributed by atoms with Gasteiger partial charge < -0.3 is 15.5 Å². The van der Waals surface area contributed by atoms with Crippen molar-refractivity contribution in [3.63, 3.8) is 0 Å². The van der Waals surface area contributed by atoms with Crippen LogP contribution in [0, 0.1) is 5.82 Å². The summed E-state index contributed by atoms with van der Waals surface area (Å²) in [6.07, 6.45) is 0. The molecule has 0 aliphatic carbocycles. The summed E-state index contributed by atoms with van der Waals surface area (Å²) in [5, 5.41) is 0. The van der Waals surface area contributed by atoms with Gasteiger partial charge in [0, 0.05) is 37.6 Å². The van der Waals surface area contributed by atoms with Gasteiger partial charge in [-0.15, -0.1) is 0 Å². The van der Waals surface area contributed by atoms with E-state index >= 15 is 0 Å². The molecule has 2 aromatic carbocycles. The first-order valence-corrected chi connectivity index (χ1v) is 7.30. The van der Waals surface area contributed by atoms with Crippen molar-refractivity contribution in [1.82, 2.24) is 4.90 Å². The van der Waals surface area contributed by atoms with Crippen molar-refractivity contribution in [1.29, 1.82) is 0 Å². The fourth-order valence-corrected chi connectivity index (χ4v) is 2.73. The first kappa shape index (κ1) is 14.4. The van der Waals surface area contributed by atoms with Crippen LogP contribution >= 0.6 is 0 Å². The number of hydrogen-bond donors (Lipinski definition) is 1. The number of para-hydroxylation sites is 1. The summed E-state index contributed by atoms with van der Waals surface area (Å²) < 4.78 is 13.9. The fraction of sp³-hybridized carbons (Fsp3) is 0.235. The summed E-state index contributed by atoms with van der Waals surface area (Å²) in [6, 6.07) is 14.4. The highest BCUT2D eigenvalue weighted by atomic mass is 19.1. The SMILES string of the molecule is Nc1cccc(F)c1C(=O)N1CCN(c2ccccc2)CC1. The molecule has 1 heterocycles. The van der Waals surface area contributed by atoms with E-state index in [1.54, 1.807) is 11.0 Å². The molecule has 2 N–H and O–H groups in total. The molecule has 0 spiro atoms. The zero-order valence-corrected chi connectivity index (χ0v) is 12.2. The summed E-state index contributed by atoms with van der Waals surface area (Å²) in [5.41, 5.74) is 7.06. The van der Waals surface area contributed by atoms with Gasteiger partial charge in [0.2, 0.25) is 0 Å². The molecule has 0 unspecified atom stereocenters. The lowest BCUT2D eigenvalue weighted by Gasteiger charge is -2.36. The summed E-state index contributed by atoms with van der Waals surface area (Å²) in [6.45, 7) is 2.57. The maximum Gasteiger partial charge on any atom is 0.259 e. The largest absolute Gasteiger partial charge is 0.398 e. The van der Waals surface area contributed by atoms with Crippen molar-refractivity contribution in [2.75, 3.05) is 36.8 Å². The Balaban J connectivity index is 1.70. The quantitative estimate of drug-likeness (QED) is 0.866. The van der Waals surface area contributed by atoms with E-state index in [0.29, 0.717) is 13.1 Å². The first-order chi connectivity index (χ1) is 10.7. The number of carbonyl (C=O) groups is 1. The highest BCUT2D eigenvalue weighted by Crippen LogP contribution is 2.20. The van der Waals surface area contributed by atoms with E-state index in [0.717, 1.165) is 18.8 Å². The van der Waals surface area contributed by atoms with Crippen LogP contribution in [-0.2, 0) is 0 Å². The molecule has 1 aliphatic rings. The van der Waals surface area contributed by atoms with Crippen LogP contribution in [0.5, 0.6) is 0 Å². The molecule has 1 amide bonds. The Hall–Kier alpha value is -2.56. The third-order valence-electron chi connectivity index (χ3n) is 3.95. The van der Waals surface area contributed by atoms with Gasteiger partial charge in [0.25, 0.3) is 5.91 Å². The Kier molecular flexibility index (Phi) is 3.96. The minimum absolute atomic E-state index is 0.0179. The van der Waals surface area contributed by atoms with Crippen molar-refractivity contribution >= 4 is 17.3 Å². The minimum Gasteiger partial charge on any atom is -0.398 e. The standard InChI is InChI=1S/C17H18FN3O/c18-14-7-4-8-15(19)16(14)17(22)21-11-9-20(10-12-21)13-5-2-1-3-6-13/h1-8H,9-12,19H2. The van der Waals surface area contributed by atoms with Crippen LogP contribution in [0.1, 0.15) is 10.4 Å². The summed E-state index contributed by atoms with van der Waals surface area (Å²) in [7, 11) is 0. The van der Waals surface area contributed by atoms with Crippen LogP contribution in [0.4, 0.5) is 15.8 Å². The number of halogens is 1. The zero-order valence-electron chi connectivity index (χ0n) is 12.2. The number of amides is 1.